The summed E-state index contributed by atoms with van der Waals surface area (Å²) >= 11 is 1.59. The summed E-state index contributed by atoms with van der Waals surface area (Å²) < 4.78 is 10.2. The van der Waals surface area contributed by atoms with E-state index < -0.39 is 11.9 Å². The van der Waals surface area contributed by atoms with Crippen molar-refractivity contribution in [3.63, 3.8) is 0 Å². The van der Waals surface area contributed by atoms with Crippen LogP contribution in [0.15, 0.2) is 0 Å². The molecule has 1 aromatic rings. The van der Waals surface area contributed by atoms with Gasteiger partial charge in [-0.1, -0.05) is 0 Å². The molecule has 1 unspecified atom stereocenters. The molecule has 1 aromatic heterocycles. The number of nitrogens with zero attached hydrogens (tertiary/aromatic N) is 2. The zero-order valence-corrected chi connectivity index (χ0v) is 12.6. The number of rotatable bonds is 8. The van der Waals surface area contributed by atoms with Crippen molar-refractivity contribution in [2.24, 2.45) is 0 Å². The molecule has 20 heavy (non-hydrogen) atoms. The molecule has 2 rings (SSSR count). The van der Waals surface area contributed by atoms with Crippen molar-refractivity contribution in [1.29, 1.82) is 0 Å². The molecule has 0 saturated carbocycles. The van der Waals surface area contributed by atoms with Gasteiger partial charge in [-0.05, 0) is 12.8 Å². The highest BCUT2D eigenvalue weighted by Crippen LogP contribution is 2.39. The summed E-state index contributed by atoms with van der Waals surface area (Å²) in [4.78, 5) is 18.9. The summed E-state index contributed by atoms with van der Waals surface area (Å²) in [5, 5.41) is 10.1. The van der Waals surface area contributed by atoms with E-state index in [-0.39, 0.29) is 0 Å². The third-order valence-corrected chi connectivity index (χ3v) is 4.60. The fourth-order valence-electron chi connectivity index (χ4n) is 2.30. The number of methoxy groups -OCH3 is 2. The van der Waals surface area contributed by atoms with E-state index in [0.29, 0.717) is 19.6 Å². The van der Waals surface area contributed by atoms with Crippen LogP contribution in [0, 0.1) is 0 Å². The smallest absolute Gasteiger partial charge is 0.312 e. The third kappa shape index (κ3) is 3.28. The van der Waals surface area contributed by atoms with Crippen molar-refractivity contribution in [3.05, 3.63) is 10.6 Å². The van der Waals surface area contributed by atoms with E-state index in [4.69, 9.17) is 9.47 Å². The van der Waals surface area contributed by atoms with Crippen LogP contribution in [0.1, 0.15) is 22.9 Å². The quantitative estimate of drug-likeness (QED) is 0.781. The highest BCUT2D eigenvalue weighted by atomic mass is 32.1. The Morgan fingerprint density at radius 1 is 1.40 bits per heavy atom. The van der Waals surface area contributed by atoms with Gasteiger partial charge in [0.15, 0.2) is 5.13 Å². The van der Waals surface area contributed by atoms with Gasteiger partial charge in [-0.25, -0.2) is 4.98 Å². The Kier molecular flexibility index (Phi) is 5.33. The van der Waals surface area contributed by atoms with Gasteiger partial charge in [-0.15, -0.1) is 11.3 Å². The number of carbonyl (C=O) groups is 1. The second-order valence-corrected chi connectivity index (χ2v) is 5.77. The second kappa shape index (κ2) is 7.01. The first-order chi connectivity index (χ1) is 9.67. The first kappa shape index (κ1) is 15.2. The van der Waals surface area contributed by atoms with Crippen LogP contribution in [0.5, 0.6) is 0 Å². The summed E-state index contributed by atoms with van der Waals surface area (Å²) in [6, 6.07) is 0. The van der Waals surface area contributed by atoms with Crippen LogP contribution in [-0.4, -0.2) is 56.6 Å². The first-order valence-electron chi connectivity index (χ1n) is 6.62. The monoisotopic (exact) mass is 300 g/mol. The molecule has 1 atom stereocenters. The molecule has 0 fully saturated rings. The third-order valence-electron chi connectivity index (χ3n) is 3.41. The number of aromatic nitrogens is 1. The number of aliphatic carboxylic acids is 1. The number of aryl methyl sites for hydroxylation is 1. The Balaban J connectivity index is 2.13. The highest BCUT2D eigenvalue weighted by Gasteiger charge is 2.33. The number of carboxylic acids is 1. The van der Waals surface area contributed by atoms with Crippen molar-refractivity contribution >= 4 is 22.4 Å². The maximum Gasteiger partial charge on any atom is 0.312 e. The number of thiazole rings is 1. The fraction of sp³-hybridized carbons (Fsp3) is 0.692. The Morgan fingerprint density at radius 2 is 2.05 bits per heavy atom. The molecule has 6 nitrogen and oxygen atoms in total. The summed E-state index contributed by atoms with van der Waals surface area (Å²) in [5.41, 5.74) is 0.748. The van der Waals surface area contributed by atoms with Crippen molar-refractivity contribution in [1.82, 2.24) is 4.98 Å². The van der Waals surface area contributed by atoms with E-state index in [2.05, 4.69) is 9.88 Å². The van der Waals surface area contributed by atoms with Crippen LogP contribution < -0.4 is 4.90 Å². The molecule has 0 aliphatic heterocycles. The van der Waals surface area contributed by atoms with E-state index in [9.17, 15) is 9.90 Å². The maximum absolute atomic E-state index is 11.2. The number of carboxylic acid groups (broad SMARTS) is 1. The first-order valence-corrected chi connectivity index (χ1v) is 7.44. The van der Waals surface area contributed by atoms with Crippen LogP contribution in [0.2, 0.25) is 0 Å². The van der Waals surface area contributed by atoms with Crippen molar-refractivity contribution in [2.45, 2.75) is 18.8 Å². The molecule has 1 heterocycles. The lowest BCUT2D eigenvalue weighted by atomic mass is 10.1. The van der Waals surface area contributed by atoms with Crippen LogP contribution >= 0.6 is 11.3 Å². The lowest BCUT2D eigenvalue weighted by molar-refractivity contribution is -0.138. The van der Waals surface area contributed by atoms with Crippen LogP contribution in [-0.2, 0) is 20.7 Å². The molecule has 112 valence electrons. The number of ether oxygens (including phenoxy) is 2. The Hall–Kier alpha value is -1.18. The fourth-order valence-corrected chi connectivity index (χ4v) is 3.48. The Morgan fingerprint density at radius 3 is 2.60 bits per heavy atom. The topological polar surface area (TPSA) is 71.9 Å². The van der Waals surface area contributed by atoms with Gasteiger partial charge in [0.2, 0.25) is 0 Å². The minimum Gasteiger partial charge on any atom is -0.481 e. The van der Waals surface area contributed by atoms with Crippen molar-refractivity contribution < 1.29 is 19.4 Å². The predicted molar refractivity (Wildman–Crippen MR) is 76.8 cm³/mol. The normalized spacial score (nSPS) is 17.2. The van der Waals surface area contributed by atoms with E-state index in [1.165, 1.54) is 0 Å². The van der Waals surface area contributed by atoms with Gasteiger partial charge in [0, 0.05) is 32.2 Å². The van der Waals surface area contributed by atoms with Crippen LogP contribution in [0.25, 0.3) is 0 Å². The predicted octanol–water partition coefficient (Wildman–Crippen LogP) is 1.36. The molecule has 0 radical (unpaired) electrons. The van der Waals surface area contributed by atoms with E-state index in [1.807, 2.05) is 0 Å². The Bertz CT molecular complexity index is 455. The van der Waals surface area contributed by atoms with Gasteiger partial charge in [0.1, 0.15) is 5.92 Å². The molecule has 1 aliphatic rings. The van der Waals surface area contributed by atoms with Gasteiger partial charge in [-0.2, -0.15) is 0 Å². The molecular weight excluding hydrogens is 280 g/mol. The lowest BCUT2D eigenvalue weighted by Crippen LogP contribution is -2.30. The highest BCUT2D eigenvalue weighted by molar-refractivity contribution is 7.15. The molecule has 0 amide bonds. The minimum atomic E-state index is -0.777. The summed E-state index contributed by atoms with van der Waals surface area (Å²) in [6.45, 7) is 2.67. The number of hydrogen-bond donors (Lipinski definition) is 1. The van der Waals surface area contributed by atoms with E-state index >= 15 is 0 Å². The molecular formula is C13H20N2O4S. The van der Waals surface area contributed by atoms with Gasteiger partial charge >= 0.3 is 5.97 Å². The number of anilines is 1. The minimum absolute atomic E-state index is 0.443. The number of hydrogen-bond acceptors (Lipinski definition) is 6. The number of fused-ring (bicyclic) bond motifs is 1. The van der Waals surface area contributed by atoms with Crippen molar-refractivity contribution in [3.8, 4) is 0 Å². The molecule has 0 bridgehead atoms. The van der Waals surface area contributed by atoms with Crippen LogP contribution in [0.3, 0.4) is 0 Å². The Labute approximate surface area is 122 Å². The second-order valence-electron chi connectivity index (χ2n) is 4.71. The van der Waals surface area contributed by atoms with Gasteiger partial charge in [-0.3, -0.25) is 4.79 Å². The van der Waals surface area contributed by atoms with Crippen molar-refractivity contribution in [2.75, 3.05) is 45.4 Å². The SMILES string of the molecule is COCCN(CCOC)c1nc2c(s1)CCC2C(=O)O. The van der Waals surface area contributed by atoms with E-state index in [0.717, 1.165) is 35.2 Å². The zero-order valence-electron chi connectivity index (χ0n) is 11.8. The van der Waals surface area contributed by atoms with Crippen LogP contribution in [0.4, 0.5) is 5.13 Å². The summed E-state index contributed by atoms with van der Waals surface area (Å²) in [5.74, 6) is -1.22. The maximum atomic E-state index is 11.2. The molecule has 0 spiro atoms. The zero-order chi connectivity index (χ0) is 14.5. The standard InChI is InChI=1S/C13H20N2O4S/c1-18-7-5-15(6-8-19-2)13-14-11-9(12(16)17)3-4-10(11)20-13/h9H,3-8H2,1-2H3,(H,16,17). The summed E-state index contributed by atoms with van der Waals surface area (Å²) in [6.07, 6.45) is 1.48. The largest absolute Gasteiger partial charge is 0.481 e. The average Bonchev–Trinajstić information content (AvgIpc) is 2.98. The van der Waals surface area contributed by atoms with Gasteiger partial charge in [0.25, 0.3) is 0 Å². The molecule has 0 saturated heterocycles. The average molecular weight is 300 g/mol. The molecule has 1 aliphatic carbocycles. The van der Waals surface area contributed by atoms with E-state index in [1.54, 1.807) is 25.6 Å². The summed E-state index contributed by atoms with van der Waals surface area (Å²) in [7, 11) is 3.33. The van der Waals surface area contributed by atoms with Gasteiger partial charge in [0.05, 0.1) is 18.9 Å². The lowest BCUT2D eigenvalue weighted by Gasteiger charge is -2.21. The molecule has 7 heteroatoms. The van der Waals surface area contributed by atoms with Gasteiger partial charge < -0.3 is 19.5 Å². The molecule has 1 N–H and O–H groups in total. The molecule has 0 aromatic carbocycles.